The number of aromatic nitrogens is 2. The zero-order chi connectivity index (χ0) is 21.8. The van der Waals surface area contributed by atoms with E-state index in [0.717, 1.165) is 48.5 Å². The van der Waals surface area contributed by atoms with Crippen LogP contribution in [0.1, 0.15) is 45.1 Å². The Hall–Kier alpha value is -3.15. The van der Waals surface area contributed by atoms with Crippen LogP contribution < -0.4 is 15.0 Å². The summed E-state index contributed by atoms with van der Waals surface area (Å²) in [5, 5.41) is 3.16. The first-order chi connectivity index (χ1) is 15.1. The number of carbonyl (C=O) groups is 1. The molecule has 1 aromatic heterocycles. The molecule has 31 heavy (non-hydrogen) atoms. The predicted octanol–water partition coefficient (Wildman–Crippen LogP) is 5.01. The fourth-order valence-corrected chi connectivity index (χ4v) is 4.12. The molecule has 1 aliphatic heterocycles. The van der Waals surface area contributed by atoms with Gasteiger partial charge in [0, 0.05) is 24.7 Å². The summed E-state index contributed by atoms with van der Waals surface area (Å²) in [6.45, 7) is 8.27. The molecule has 0 unspecified atom stereocenters. The number of hydrogen-bond acceptors (Lipinski definition) is 5. The maximum absolute atomic E-state index is 12.9. The standard InChI is InChI=1S/C25H30N4O2/c1-4-31-25-23(26-21-11-7-8-12-22(21)28-25)29-15-13-18(14-16-29)24(30)27-20-10-6-5-9-19(20)17(2)3/h5-12,17-18H,4,13-16H2,1-3H3,(H,27,30). The maximum Gasteiger partial charge on any atom is 0.258 e. The van der Waals surface area contributed by atoms with Crippen LogP contribution >= 0.6 is 0 Å². The number of anilines is 2. The molecule has 0 saturated carbocycles. The van der Waals surface area contributed by atoms with Gasteiger partial charge in [0.2, 0.25) is 5.91 Å². The fourth-order valence-electron chi connectivity index (χ4n) is 4.12. The van der Waals surface area contributed by atoms with Gasteiger partial charge in [0.1, 0.15) is 0 Å². The summed E-state index contributed by atoms with van der Waals surface area (Å²) >= 11 is 0. The Bertz CT molecular complexity index is 1060. The van der Waals surface area contributed by atoms with Gasteiger partial charge in [-0.1, -0.05) is 44.2 Å². The van der Waals surface area contributed by atoms with E-state index >= 15 is 0 Å². The molecular weight excluding hydrogens is 388 g/mol. The van der Waals surface area contributed by atoms with E-state index in [9.17, 15) is 4.79 Å². The summed E-state index contributed by atoms with van der Waals surface area (Å²) in [4.78, 5) is 24.6. The van der Waals surface area contributed by atoms with Gasteiger partial charge < -0.3 is 15.0 Å². The Kier molecular flexibility index (Phi) is 6.35. The quantitative estimate of drug-likeness (QED) is 0.610. The molecular formula is C25H30N4O2. The number of nitrogens with zero attached hydrogens (tertiary/aromatic N) is 3. The van der Waals surface area contributed by atoms with Crippen molar-refractivity contribution in [3.63, 3.8) is 0 Å². The van der Waals surface area contributed by atoms with Crippen molar-refractivity contribution >= 4 is 28.4 Å². The number of hydrogen-bond donors (Lipinski definition) is 1. The van der Waals surface area contributed by atoms with Gasteiger partial charge in [0.15, 0.2) is 5.82 Å². The minimum absolute atomic E-state index is 0.0135. The summed E-state index contributed by atoms with van der Waals surface area (Å²) < 4.78 is 5.79. The van der Waals surface area contributed by atoms with Crippen molar-refractivity contribution in [1.82, 2.24) is 9.97 Å². The second-order valence-electron chi connectivity index (χ2n) is 8.27. The Balaban J connectivity index is 1.46. The van der Waals surface area contributed by atoms with Gasteiger partial charge in [0.05, 0.1) is 17.6 Å². The highest BCUT2D eigenvalue weighted by Gasteiger charge is 2.28. The Labute approximate surface area is 183 Å². The molecule has 162 valence electrons. The van der Waals surface area contributed by atoms with Gasteiger partial charge in [-0.3, -0.25) is 4.79 Å². The topological polar surface area (TPSA) is 67.4 Å². The monoisotopic (exact) mass is 418 g/mol. The van der Waals surface area contributed by atoms with E-state index in [-0.39, 0.29) is 11.8 Å². The zero-order valence-electron chi connectivity index (χ0n) is 18.5. The van der Waals surface area contributed by atoms with E-state index in [4.69, 9.17) is 9.72 Å². The molecule has 6 nitrogen and oxygen atoms in total. The first-order valence-electron chi connectivity index (χ1n) is 11.1. The third kappa shape index (κ3) is 4.63. The molecule has 0 atom stereocenters. The third-order valence-corrected chi connectivity index (χ3v) is 5.81. The molecule has 6 heteroatoms. The number of para-hydroxylation sites is 3. The van der Waals surface area contributed by atoms with Crippen molar-refractivity contribution < 1.29 is 9.53 Å². The number of carbonyl (C=O) groups excluding carboxylic acids is 1. The average Bonchev–Trinajstić information content (AvgIpc) is 2.79. The van der Waals surface area contributed by atoms with Crippen LogP contribution in [0.3, 0.4) is 0 Å². The van der Waals surface area contributed by atoms with Gasteiger partial charge in [-0.15, -0.1) is 0 Å². The highest BCUT2D eigenvalue weighted by Crippen LogP contribution is 2.31. The Morgan fingerprint density at radius 1 is 1.06 bits per heavy atom. The second-order valence-corrected chi connectivity index (χ2v) is 8.27. The van der Waals surface area contributed by atoms with Crippen molar-refractivity contribution in [3.8, 4) is 5.88 Å². The number of amides is 1. The second kappa shape index (κ2) is 9.33. The normalized spacial score (nSPS) is 14.8. The van der Waals surface area contributed by atoms with Gasteiger partial charge in [-0.2, -0.15) is 0 Å². The summed E-state index contributed by atoms with van der Waals surface area (Å²) in [5.41, 5.74) is 3.77. The number of nitrogens with one attached hydrogen (secondary N) is 1. The van der Waals surface area contributed by atoms with Gasteiger partial charge in [0.25, 0.3) is 5.88 Å². The third-order valence-electron chi connectivity index (χ3n) is 5.81. The smallest absolute Gasteiger partial charge is 0.258 e. The van der Waals surface area contributed by atoms with E-state index in [2.05, 4.69) is 35.1 Å². The Morgan fingerprint density at radius 3 is 2.39 bits per heavy atom. The van der Waals surface area contributed by atoms with Crippen molar-refractivity contribution in [1.29, 1.82) is 0 Å². The van der Waals surface area contributed by atoms with Crippen LogP contribution in [-0.4, -0.2) is 35.6 Å². The summed E-state index contributed by atoms with van der Waals surface area (Å²) in [6, 6.07) is 15.9. The molecule has 0 radical (unpaired) electrons. The largest absolute Gasteiger partial charge is 0.475 e. The van der Waals surface area contributed by atoms with Crippen LogP contribution in [0.15, 0.2) is 48.5 Å². The molecule has 1 saturated heterocycles. The number of benzene rings is 2. The molecule has 1 N–H and O–H groups in total. The van der Waals surface area contributed by atoms with Crippen LogP contribution in [0.4, 0.5) is 11.5 Å². The first kappa shape index (κ1) is 21.1. The molecule has 1 fully saturated rings. The number of piperidine rings is 1. The first-order valence-corrected chi connectivity index (χ1v) is 11.1. The number of fused-ring (bicyclic) bond motifs is 1. The lowest BCUT2D eigenvalue weighted by Crippen LogP contribution is -2.39. The van der Waals surface area contributed by atoms with Crippen LogP contribution in [0.25, 0.3) is 11.0 Å². The Morgan fingerprint density at radius 2 is 1.71 bits per heavy atom. The van der Waals surface area contributed by atoms with E-state index in [1.165, 1.54) is 5.56 Å². The highest BCUT2D eigenvalue weighted by atomic mass is 16.5. The van der Waals surface area contributed by atoms with Crippen molar-refractivity contribution in [2.45, 2.75) is 39.5 Å². The van der Waals surface area contributed by atoms with E-state index in [0.29, 0.717) is 18.4 Å². The highest BCUT2D eigenvalue weighted by molar-refractivity contribution is 5.93. The van der Waals surface area contributed by atoms with Crippen molar-refractivity contribution in [3.05, 3.63) is 54.1 Å². The zero-order valence-corrected chi connectivity index (χ0v) is 18.5. The minimum Gasteiger partial charge on any atom is -0.475 e. The lowest BCUT2D eigenvalue weighted by atomic mass is 9.95. The van der Waals surface area contributed by atoms with E-state index < -0.39 is 0 Å². The van der Waals surface area contributed by atoms with Crippen LogP contribution in [-0.2, 0) is 4.79 Å². The molecule has 0 spiro atoms. The lowest BCUT2D eigenvalue weighted by Gasteiger charge is -2.32. The number of rotatable bonds is 6. The fraction of sp³-hybridized carbons (Fsp3) is 0.400. The molecule has 0 bridgehead atoms. The van der Waals surface area contributed by atoms with Gasteiger partial charge >= 0.3 is 0 Å². The molecule has 3 aromatic rings. The van der Waals surface area contributed by atoms with Gasteiger partial charge in [-0.25, -0.2) is 9.97 Å². The molecule has 1 amide bonds. The van der Waals surface area contributed by atoms with Crippen LogP contribution in [0, 0.1) is 5.92 Å². The van der Waals surface area contributed by atoms with E-state index in [1.807, 2.05) is 49.4 Å². The number of ether oxygens (including phenoxy) is 1. The van der Waals surface area contributed by atoms with Crippen molar-refractivity contribution in [2.75, 3.05) is 29.9 Å². The molecule has 2 heterocycles. The lowest BCUT2D eigenvalue weighted by molar-refractivity contribution is -0.120. The maximum atomic E-state index is 12.9. The molecule has 2 aromatic carbocycles. The van der Waals surface area contributed by atoms with Crippen LogP contribution in [0.5, 0.6) is 5.88 Å². The van der Waals surface area contributed by atoms with E-state index in [1.54, 1.807) is 0 Å². The molecule has 4 rings (SSSR count). The van der Waals surface area contributed by atoms with Crippen molar-refractivity contribution in [2.24, 2.45) is 5.92 Å². The summed E-state index contributed by atoms with van der Waals surface area (Å²) in [7, 11) is 0. The molecule has 1 aliphatic rings. The summed E-state index contributed by atoms with van der Waals surface area (Å²) in [5.74, 6) is 1.78. The van der Waals surface area contributed by atoms with Crippen LogP contribution in [0.2, 0.25) is 0 Å². The SMILES string of the molecule is CCOc1nc2ccccc2nc1N1CCC(C(=O)Nc2ccccc2C(C)C)CC1. The average molecular weight is 419 g/mol. The van der Waals surface area contributed by atoms with Gasteiger partial charge in [-0.05, 0) is 49.4 Å². The predicted molar refractivity (Wildman–Crippen MR) is 125 cm³/mol. The minimum atomic E-state index is -0.0135. The molecule has 0 aliphatic carbocycles. The summed E-state index contributed by atoms with van der Waals surface area (Å²) in [6.07, 6.45) is 1.55.